The van der Waals surface area contributed by atoms with E-state index in [1.807, 2.05) is 6.92 Å². The minimum atomic E-state index is -5.72. The molecule has 11 heteroatoms. The lowest BCUT2D eigenvalue weighted by Crippen LogP contribution is -2.34. The van der Waals surface area contributed by atoms with Crippen molar-refractivity contribution in [3.63, 3.8) is 0 Å². The Morgan fingerprint density at radius 2 is 1.81 bits per heavy atom. The molecule has 0 N–H and O–H groups in total. The summed E-state index contributed by atoms with van der Waals surface area (Å²) in [7, 11) is 3.43. The smallest absolute Gasteiger partial charge is 0.328 e. The Morgan fingerprint density at radius 1 is 1.12 bits per heavy atom. The molecule has 0 aliphatic rings. The lowest BCUT2D eigenvalue weighted by Gasteiger charge is -2.18. The molecule has 0 atom stereocenters. The van der Waals surface area contributed by atoms with Crippen LogP contribution in [0.15, 0.2) is 23.6 Å². The number of rotatable bonds is 4. The summed E-state index contributed by atoms with van der Waals surface area (Å²) in [5, 5.41) is 0.819. The fraction of sp³-hybridized carbons (Fsp3) is 0.400. The van der Waals surface area contributed by atoms with Crippen molar-refractivity contribution in [2.45, 2.75) is 24.0 Å². The van der Waals surface area contributed by atoms with Crippen molar-refractivity contribution in [2.75, 3.05) is 5.75 Å². The second-order valence-corrected chi connectivity index (χ2v) is 6.82. The second kappa shape index (κ2) is 6.22. The van der Waals surface area contributed by atoms with E-state index in [1.54, 1.807) is 29.6 Å². The largest absolute Gasteiger partial charge is 0.459 e. The molecule has 0 fully saturated rings. The van der Waals surface area contributed by atoms with Gasteiger partial charge in [-0.3, -0.25) is 4.98 Å². The molecule has 0 saturated carbocycles. The Morgan fingerprint density at radius 3 is 2.42 bits per heavy atom. The van der Waals surface area contributed by atoms with Gasteiger partial charge in [0.2, 0.25) is 0 Å². The highest BCUT2D eigenvalue weighted by Gasteiger charge is 2.60. The van der Waals surface area contributed by atoms with Gasteiger partial charge in [-0.15, -0.1) is 11.8 Å². The number of hydrogen-bond acceptors (Lipinski definition) is 4. The van der Waals surface area contributed by atoms with E-state index < -0.39 is 17.8 Å². The molecule has 140 valence electrons. The van der Waals surface area contributed by atoms with Gasteiger partial charge in [0.05, 0.1) is 23.6 Å². The van der Waals surface area contributed by atoms with Crippen molar-refractivity contribution in [3.8, 4) is 11.5 Å². The summed E-state index contributed by atoms with van der Waals surface area (Å²) in [4.78, 5) is 11.8. The van der Waals surface area contributed by atoms with Gasteiger partial charge in [-0.2, -0.15) is 22.0 Å². The zero-order chi connectivity index (χ0) is 19.3. The van der Waals surface area contributed by atoms with Crippen LogP contribution in [0.5, 0.6) is 0 Å². The van der Waals surface area contributed by atoms with Gasteiger partial charge in [0.15, 0.2) is 5.82 Å². The summed E-state index contributed by atoms with van der Waals surface area (Å²) in [6.07, 6.45) is -3.16. The molecule has 3 aromatic rings. The number of halogens is 5. The number of nitrogens with zero attached hydrogens (tertiary/aromatic N) is 5. The maximum Gasteiger partial charge on any atom is 0.459 e. The topological polar surface area (TPSA) is 48.5 Å². The number of fused-ring (bicyclic) bond motifs is 1. The number of aromatic nitrogens is 5. The zero-order valence-corrected chi connectivity index (χ0v) is 14.8. The summed E-state index contributed by atoms with van der Waals surface area (Å²) in [5.74, 6) is -3.90. The van der Waals surface area contributed by atoms with Crippen LogP contribution in [0.2, 0.25) is 0 Å². The first-order chi connectivity index (χ1) is 12.1. The van der Waals surface area contributed by atoms with Gasteiger partial charge in [0, 0.05) is 14.1 Å². The summed E-state index contributed by atoms with van der Waals surface area (Å²) in [6.45, 7) is 1.96. The van der Waals surface area contributed by atoms with Gasteiger partial charge in [-0.1, -0.05) is 6.92 Å². The average Bonchev–Trinajstić information content (AvgIpc) is 3.07. The van der Waals surface area contributed by atoms with E-state index in [2.05, 4.69) is 15.0 Å². The molecule has 5 nitrogen and oxygen atoms in total. The fourth-order valence-electron chi connectivity index (χ4n) is 2.50. The van der Waals surface area contributed by atoms with Gasteiger partial charge >= 0.3 is 12.1 Å². The summed E-state index contributed by atoms with van der Waals surface area (Å²) >= 11 is 1.52. The minimum absolute atomic E-state index is 0.00507. The molecule has 0 amide bonds. The fourth-order valence-corrected chi connectivity index (χ4v) is 3.30. The highest BCUT2D eigenvalue weighted by atomic mass is 32.2. The molecule has 3 rings (SSSR count). The molecule has 3 heterocycles. The van der Waals surface area contributed by atoms with E-state index in [0.717, 1.165) is 17.0 Å². The van der Waals surface area contributed by atoms with Crippen molar-refractivity contribution < 1.29 is 22.0 Å². The normalized spacial score (nSPS) is 12.9. The first-order valence-electron chi connectivity index (χ1n) is 7.50. The predicted octanol–water partition coefficient (Wildman–Crippen LogP) is 4.13. The molecule has 3 aromatic heterocycles. The number of thioether (sulfide) groups is 1. The lowest BCUT2D eigenvalue weighted by atomic mass is 10.2. The third-order valence-corrected chi connectivity index (χ3v) is 4.86. The van der Waals surface area contributed by atoms with Crippen molar-refractivity contribution in [2.24, 2.45) is 14.1 Å². The van der Waals surface area contributed by atoms with Crippen LogP contribution < -0.4 is 0 Å². The number of imidazole rings is 2. The van der Waals surface area contributed by atoms with E-state index in [9.17, 15) is 22.0 Å². The Hall–Kier alpha value is -2.17. The second-order valence-electron chi connectivity index (χ2n) is 5.57. The van der Waals surface area contributed by atoms with Crippen LogP contribution in [0.3, 0.4) is 0 Å². The minimum Gasteiger partial charge on any atom is -0.328 e. The van der Waals surface area contributed by atoms with Crippen LogP contribution in [0.1, 0.15) is 12.6 Å². The number of aryl methyl sites for hydroxylation is 2. The maximum absolute atomic E-state index is 13.5. The lowest BCUT2D eigenvalue weighted by molar-refractivity contribution is -0.290. The molecule has 0 bridgehead atoms. The van der Waals surface area contributed by atoms with Gasteiger partial charge in [0.1, 0.15) is 16.4 Å². The van der Waals surface area contributed by atoms with E-state index in [1.165, 1.54) is 11.8 Å². The molecule has 0 unspecified atom stereocenters. The maximum atomic E-state index is 13.5. The molecule has 0 aliphatic heterocycles. The third kappa shape index (κ3) is 2.83. The molecule has 0 spiro atoms. The number of pyridine rings is 1. The Labute approximate surface area is 149 Å². The first-order valence-corrected chi connectivity index (χ1v) is 8.48. The van der Waals surface area contributed by atoms with E-state index in [4.69, 9.17) is 0 Å². The average molecular weight is 391 g/mol. The first kappa shape index (κ1) is 18.6. The highest BCUT2D eigenvalue weighted by Crippen LogP contribution is 2.43. The van der Waals surface area contributed by atoms with Crippen LogP contribution in [0.4, 0.5) is 22.0 Å². The Kier molecular flexibility index (Phi) is 4.45. The van der Waals surface area contributed by atoms with E-state index >= 15 is 0 Å². The van der Waals surface area contributed by atoms with Crippen molar-refractivity contribution in [3.05, 3.63) is 24.3 Å². The molecule has 0 aliphatic carbocycles. The molecule has 26 heavy (non-hydrogen) atoms. The van der Waals surface area contributed by atoms with Crippen molar-refractivity contribution >= 4 is 22.8 Å². The van der Waals surface area contributed by atoms with Gasteiger partial charge < -0.3 is 9.13 Å². The quantitative estimate of drug-likeness (QED) is 0.496. The van der Waals surface area contributed by atoms with Gasteiger partial charge in [-0.25, -0.2) is 9.97 Å². The van der Waals surface area contributed by atoms with Gasteiger partial charge in [0.25, 0.3) is 0 Å². The highest BCUT2D eigenvalue weighted by molar-refractivity contribution is 7.99. The molecular weight excluding hydrogens is 377 g/mol. The standard InChI is InChI=1S/C15H14F5N5S/c1-4-26-13-11(22-7-24(13)2)12-23-8-5-10(14(16,17)15(18,19)20)21-6-9(8)25(12)3/h5-7H,4H2,1-3H3. The van der Waals surface area contributed by atoms with E-state index in [-0.39, 0.29) is 5.52 Å². The monoisotopic (exact) mass is 391 g/mol. The van der Waals surface area contributed by atoms with Crippen LogP contribution in [-0.4, -0.2) is 36.0 Å². The van der Waals surface area contributed by atoms with Crippen molar-refractivity contribution in [1.82, 2.24) is 24.1 Å². The van der Waals surface area contributed by atoms with Crippen molar-refractivity contribution in [1.29, 1.82) is 0 Å². The molecule has 0 aromatic carbocycles. The zero-order valence-electron chi connectivity index (χ0n) is 14.0. The SMILES string of the molecule is CCSc1c(-c2nc3cc(C(F)(F)C(F)(F)F)ncc3n2C)ncn1C. The van der Waals surface area contributed by atoms with Crippen LogP contribution in [-0.2, 0) is 20.0 Å². The Balaban J connectivity index is 2.15. The van der Waals surface area contributed by atoms with Crippen LogP contribution >= 0.6 is 11.8 Å². The summed E-state index contributed by atoms with van der Waals surface area (Å²) < 4.78 is 68.2. The summed E-state index contributed by atoms with van der Waals surface area (Å²) in [5.41, 5.74) is -0.525. The molecule has 0 radical (unpaired) electrons. The van der Waals surface area contributed by atoms with Crippen LogP contribution in [0.25, 0.3) is 22.6 Å². The van der Waals surface area contributed by atoms with Crippen LogP contribution in [0, 0.1) is 0 Å². The Bertz CT molecular complexity index is 959. The molecule has 0 saturated heterocycles. The molecular formula is C15H14F5N5S. The predicted molar refractivity (Wildman–Crippen MR) is 87.1 cm³/mol. The summed E-state index contributed by atoms with van der Waals surface area (Å²) in [6, 6.07) is 0.669. The van der Waals surface area contributed by atoms with E-state index in [0.29, 0.717) is 23.1 Å². The number of alkyl halides is 5. The number of hydrogen-bond donors (Lipinski definition) is 0. The van der Waals surface area contributed by atoms with Gasteiger partial charge in [-0.05, 0) is 11.8 Å². The third-order valence-electron chi connectivity index (χ3n) is 3.82.